The molecule has 0 radical (unpaired) electrons. The summed E-state index contributed by atoms with van der Waals surface area (Å²) in [4.78, 5) is 17.9. The van der Waals surface area contributed by atoms with Crippen LogP contribution >= 0.6 is 11.6 Å². The van der Waals surface area contributed by atoms with Gasteiger partial charge in [-0.15, -0.1) is 0 Å². The number of hydrogen-bond acceptors (Lipinski definition) is 2. The average Bonchev–Trinajstić information content (AvgIpc) is 2.99. The SMILES string of the molecule is O=C(Cl)N1Cc2c(-c3ccccc3)ncn2-c2ccccc21. The van der Waals surface area contributed by atoms with E-state index in [9.17, 15) is 4.79 Å². The lowest BCUT2D eigenvalue weighted by Crippen LogP contribution is -2.31. The molecule has 1 aromatic heterocycles. The van der Waals surface area contributed by atoms with E-state index in [-0.39, 0.29) is 0 Å². The van der Waals surface area contributed by atoms with Crippen molar-refractivity contribution in [2.75, 3.05) is 4.90 Å². The van der Waals surface area contributed by atoms with Crippen LogP contribution in [-0.2, 0) is 6.54 Å². The predicted molar refractivity (Wildman–Crippen MR) is 86.4 cm³/mol. The monoisotopic (exact) mass is 309 g/mol. The van der Waals surface area contributed by atoms with Gasteiger partial charge in [-0.25, -0.2) is 4.98 Å². The molecule has 3 aromatic rings. The summed E-state index contributed by atoms with van der Waals surface area (Å²) in [6.45, 7) is 0.406. The zero-order valence-electron chi connectivity index (χ0n) is 11.6. The summed E-state index contributed by atoms with van der Waals surface area (Å²) in [5.41, 5.74) is 4.56. The Bertz CT molecular complexity index is 844. The van der Waals surface area contributed by atoms with Crippen LogP contribution in [0, 0.1) is 0 Å². The Morgan fingerprint density at radius 3 is 2.41 bits per heavy atom. The summed E-state index contributed by atoms with van der Waals surface area (Å²) in [5, 5.41) is -0.487. The molecule has 4 rings (SSSR count). The molecule has 0 N–H and O–H groups in total. The molecule has 22 heavy (non-hydrogen) atoms. The maximum Gasteiger partial charge on any atom is 0.321 e. The number of nitrogens with zero attached hydrogens (tertiary/aromatic N) is 3. The van der Waals surface area contributed by atoms with Crippen molar-refractivity contribution in [2.24, 2.45) is 0 Å². The molecule has 1 aliphatic rings. The highest BCUT2D eigenvalue weighted by atomic mass is 35.5. The second-order valence-corrected chi connectivity index (χ2v) is 5.43. The van der Waals surface area contributed by atoms with Gasteiger partial charge in [0.1, 0.15) is 6.33 Å². The molecule has 0 unspecified atom stereocenters. The number of aromatic nitrogens is 2. The molecular weight excluding hydrogens is 298 g/mol. The van der Waals surface area contributed by atoms with Crippen LogP contribution < -0.4 is 4.90 Å². The first-order valence-electron chi connectivity index (χ1n) is 6.94. The van der Waals surface area contributed by atoms with Crippen LogP contribution in [-0.4, -0.2) is 14.9 Å². The molecule has 4 nitrogen and oxygen atoms in total. The van der Waals surface area contributed by atoms with Crippen LogP contribution in [0.4, 0.5) is 10.5 Å². The van der Waals surface area contributed by atoms with Gasteiger partial charge >= 0.3 is 5.37 Å². The maximum atomic E-state index is 11.8. The first-order chi connectivity index (χ1) is 10.8. The largest absolute Gasteiger partial charge is 0.321 e. The van der Waals surface area contributed by atoms with E-state index < -0.39 is 5.37 Å². The Morgan fingerprint density at radius 1 is 1.00 bits per heavy atom. The van der Waals surface area contributed by atoms with Crippen molar-refractivity contribution < 1.29 is 4.79 Å². The summed E-state index contributed by atoms with van der Waals surface area (Å²) in [7, 11) is 0. The van der Waals surface area contributed by atoms with E-state index in [1.54, 1.807) is 11.2 Å². The van der Waals surface area contributed by atoms with Gasteiger partial charge in [-0.2, -0.15) is 0 Å². The molecular formula is C17H12ClN3O. The smallest absolute Gasteiger partial charge is 0.299 e. The fourth-order valence-electron chi connectivity index (χ4n) is 2.86. The highest BCUT2D eigenvalue weighted by Gasteiger charge is 2.28. The van der Waals surface area contributed by atoms with Gasteiger partial charge in [0, 0.05) is 5.56 Å². The van der Waals surface area contributed by atoms with Crippen LogP contribution in [0.3, 0.4) is 0 Å². The number of carbonyl (C=O) groups excluding carboxylic acids is 1. The standard InChI is InChI=1S/C17H12ClN3O/c18-17(22)20-10-15-16(12-6-2-1-3-7-12)19-11-21(15)14-9-5-4-8-13(14)20/h1-9,11H,10H2. The summed E-state index contributed by atoms with van der Waals surface area (Å²) in [6, 6.07) is 17.6. The zero-order valence-corrected chi connectivity index (χ0v) is 12.4. The fraction of sp³-hybridized carbons (Fsp3) is 0.0588. The lowest BCUT2D eigenvalue weighted by atomic mass is 10.1. The number of para-hydroxylation sites is 2. The number of carbonyl (C=O) groups is 1. The van der Waals surface area contributed by atoms with Gasteiger partial charge in [0.2, 0.25) is 0 Å². The molecule has 2 aromatic carbocycles. The molecule has 0 spiro atoms. The van der Waals surface area contributed by atoms with Crippen LogP contribution in [0.5, 0.6) is 0 Å². The van der Waals surface area contributed by atoms with Crippen LogP contribution in [0.25, 0.3) is 16.9 Å². The van der Waals surface area contributed by atoms with E-state index >= 15 is 0 Å². The molecule has 0 saturated carbocycles. The minimum Gasteiger partial charge on any atom is -0.299 e. The Labute approximate surface area is 132 Å². The number of hydrogen-bond donors (Lipinski definition) is 0. The Hall–Kier alpha value is -2.59. The van der Waals surface area contributed by atoms with Gasteiger partial charge in [0.25, 0.3) is 0 Å². The second kappa shape index (κ2) is 5.00. The molecule has 0 bridgehead atoms. The van der Waals surface area contributed by atoms with E-state index in [4.69, 9.17) is 11.6 Å². The third-order valence-electron chi connectivity index (χ3n) is 3.87. The van der Waals surface area contributed by atoms with E-state index in [1.807, 2.05) is 59.2 Å². The van der Waals surface area contributed by atoms with E-state index in [0.29, 0.717) is 6.54 Å². The molecule has 5 heteroatoms. The predicted octanol–water partition coefficient (Wildman–Crippen LogP) is 4.22. The number of amides is 1. The number of halogens is 1. The Balaban J connectivity index is 1.93. The van der Waals surface area contributed by atoms with E-state index in [1.165, 1.54) is 0 Å². The topological polar surface area (TPSA) is 38.1 Å². The van der Waals surface area contributed by atoms with E-state index in [2.05, 4.69) is 4.98 Å². The minimum atomic E-state index is -0.487. The van der Waals surface area contributed by atoms with Crippen molar-refractivity contribution in [2.45, 2.75) is 6.54 Å². The van der Waals surface area contributed by atoms with Gasteiger partial charge in [0.05, 0.1) is 29.3 Å². The van der Waals surface area contributed by atoms with Crippen molar-refractivity contribution in [3.63, 3.8) is 0 Å². The first-order valence-corrected chi connectivity index (χ1v) is 7.31. The highest BCUT2D eigenvalue weighted by molar-refractivity contribution is 6.66. The number of fused-ring (bicyclic) bond motifs is 3. The highest BCUT2D eigenvalue weighted by Crippen LogP contribution is 2.36. The summed E-state index contributed by atoms with van der Waals surface area (Å²) in [6.07, 6.45) is 1.80. The van der Waals surface area contributed by atoms with Crippen molar-refractivity contribution in [3.8, 4) is 16.9 Å². The lowest BCUT2D eigenvalue weighted by Gasteiger charge is -2.29. The Morgan fingerprint density at radius 2 is 1.68 bits per heavy atom. The quantitative estimate of drug-likeness (QED) is 0.498. The molecule has 0 atom stereocenters. The fourth-order valence-corrected chi connectivity index (χ4v) is 3.01. The van der Waals surface area contributed by atoms with Gasteiger partial charge < -0.3 is 0 Å². The van der Waals surface area contributed by atoms with Crippen LogP contribution in [0.1, 0.15) is 5.69 Å². The lowest BCUT2D eigenvalue weighted by molar-refractivity contribution is 0.263. The molecule has 0 fully saturated rings. The third kappa shape index (κ3) is 1.92. The van der Waals surface area contributed by atoms with Crippen molar-refractivity contribution >= 4 is 22.7 Å². The van der Waals surface area contributed by atoms with Gasteiger partial charge in [0.15, 0.2) is 0 Å². The van der Waals surface area contributed by atoms with Gasteiger partial charge in [-0.1, -0.05) is 42.5 Å². The summed E-state index contributed by atoms with van der Waals surface area (Å²) < 4.78 is 2.02. The van der Waals surface area contributed by atoms with Crippen molar-refractivity contribution in [1.82, 2.24) is 9.55 Å². The molecule has 1 aliphatic heterocycles. The maximum absolute atomic E-state index is 11.8. The van der Waals surface area contributed by atoms with Gasteiger partial charge in [-0.3, -0.25) is 14.3 Å². The average molecular weight is 310 g/mol. The first kappa shape index (κ1) is 13.1. The number of anilines is 1. The number of benzene rings is 2. The van der Waals surface area contributed by atoms with E-state index in [0.717, 1.165) is 28.3 Å². The normalized spacial score (nSPS) is 12.7. The molecule has 108 valence electrons. The molecule has 0 aliphatic carbocycles. The summed E-state index contributed by atoms with van der Waals surface area (Å²) >= 11 is 5.77. The Kier molecular flexibility index (Phi) is 2.98. The number of rotatable bonds is 1. The molecule has 1 amide bonds. The second-order valence-electron chi connectivity index (χ2n) is 5.10. The van der Waals surface area contributed by atoms with Gasteiger partial charge in [-0.05, 0) is 23.7 Å². The minimum absolute atomic E-state index is 0.406. The van der Waals surface area contributed by atoms with Crippen LogP contribution in [0.2, 0.25) is 0 Å². The van der Waals surface area contributed by atoms with Crippen LogP contribution in [0.15, 0.2) is 60.9 Å². The summed E-state index contributed by atoms with van der Waals surface area (Å²) in [5.74, 6) is 0. The molecule has 2 heterocycles. The van der Waals surface area contributed by atoms with Crippen molar-refractivity contribution in [3.05, 3.63) is 66.6 Å². The third-order valence-corrected chi connectivity index (χ3v) is 4.07. The number of imidazole rings is 1. The van der Waals surface area contributed by atoms with Crippen molar-refractivity contribution in [1.29, 1.82) is 0 Å². The molecule has 0 saturated heterocycles. The zero-order chi connectivity index (χ0) is 15.1.